The number of hydrogen-bond acceptors (Lipinski definition) is 5. The summed E-state index contributed by atoms with van der Waals surface area (Å²) < 4.78 is 7.04. The van der Waals surface area contributed by atoms with Crippen LogP contribution in [0.5, 0.6) is 0 Å². The van der Waals surface area contributed by atoms with Crippen molar-refractivity contribution in [2.24, 2.45) is 0 Å². The molecule has 2 aromatic rings. The normalized spacial score (nSPS) is 12.3. The minimum absolute atomic E-state index is 0.00665. The van der Waals surface area contributed by atoms with Gasteiger partial charge in [-0.1, -0.05) is 12.1 Å². The van der Waals surface area contributed by atoms with Crippen LogP contribution in [0, 0.1) is 6.92 Å². The first-order chi connectivity index (χ1) is 9.69. The number of amides is 1. The van der Waals surface area contributed by atoms with Crippen molar-refractivity contribution in [3.63, 3.8) is 0 Å². The van der Waals surface area contributed by atoms with Crippen LogP contribution in [0.25, 0.3) is 0 Å². The van der Waals surface area contributed by atoms with Crippen molar-refractivity contribution in [2.75, 3.05) is 0 Å². The van der Waals surface area contributed by atoms with Crippen LogP contribution < -0.4 is 5.32 Å². The Labute approximate surface area is 117 Å². The maximum Gasteiger partial charge on any atom is 0.249 e. The number of aryl methyl sites for hydroxylation is 2. The standard InChI is InChI=1S/C13H19N5O2/c1-3-11(13-15-10(2)17-20-13)16-12(19)5-4-7-18-8-6-14-9-18/h6,8-9,11H,3-5,7H2,1-2H3,(H,16,19). The summed E-state index contributed by atoms with van der Waals surface area (Å²) in [7, 11) is 0. The van der Waals surface area contributed by atoms with Crippen molar-refractivity contribution in [1.29, 1.82) is 0 Å². The van der Waals surface area contributed by atoms with Gasteiger partial charge in [-0.15, -0.1) is 0 Å². The van der Waals surface area contributed by atoms with Gasteiger partial charge in [0, 0.05) is 25.4 Å². The van der Waals surface area contributed by atoms with Crippen LogP contribution in [-0.4, -0.2) is 25.6 Å². The quantitative estimate of drug-likeness (QED) is 0.831. The molecule has 20 heavy (non-hydrogen) atoms. The summed E-state index contributed by atoms with van der Waals surface area (Å²) in [4.78, 5) is 20.0. The molecule has 0 spiro atoms. The van der Waals surface area contributed by atoms with Crippen LogP contribution in [0.1, 0.15) is 43.9 Å². The average Bonchev–Trinajstić information content (AvgIpc) is 3.07. The highest BCUT2D eigenvalue weighted by atomic mass is 16.5. The molecule has 1 N–H and O–H groups in total. The van der Waals surface area contributed by atoms with E-state index in [1.807, 2.05) is 17.7 Å². The molecule has 1 unspecified atom stereocenters. The lowest BCUT2D eigenvalue weighted by Crippen LogP contribution is -2.28. The predicted molar refractivity (Wildman–Crippen MR) is 71.7 cm³/mol. The molecule has 108 valence electrons. The van der Waals surface area contributed by atoms with Crippen molar-refractivity contribution in [3.05, 3.63) is 30.4 Å². The SMILES string of the molecule is CCC(NC(=O)CCCn1ccnc1)c1nc(C)no1. The van der Waals surface area contributed by atoms with Gasteiger partial charge in [0.05, 0.1) is 6.33 Å². The van der Waals surface area contributed by atoms with Gasteiger partial charge in [-0.2, -0.15) is 4.98 Å². The molecule has 0 aliphatic heterocycles. The van der Waals surface area contributed by atoms with E-state index in [1.54, 1.807) is 19.4 Å². The summed E-state index contributed by atoms with van der Waals surface area (Å²) in [5.74, 6) is 1.04. The first kappa shape index (κ1) is 14.2. The molecule has 2 aromatic heterocycles. The van der Waals surface area contributed by atoms with Crippen molar-refractivity contribution in [1.82, 2.24) is 25.0 Å². The van der Waals surface area contributed by atoms with Gasteiger partial charge in [-0.3, -0.25) is 4.79 Å². The summed E-state index contributed by atoms with van der Waals surface area (Å²) in [5.41, 5.74) is 0. The second-order valence-corrected chi connectivity index (χ2v) is 4.61. The zero-order chi connectivity index (χ0) is 14.4. The Kier molecular flexibility index (Phi) is 4.86. The Balaban J connectivity index is 1.77. The van der Waals surface area contributed by atoms with Crippen LogP contribution in [0.4, 0.5) is 0 Å². The lowest BCUT2D eigenvalue weighted by molar-refractivity contribution is -0.122. The molecule has 0 aromatic carbocycles. The first-order valence-electron chi connectivity index (χ1n) is 6.74. The molecule has 0 saturated carbocycles. The van der Waals surface area contributed by atoms with Crippen molar-refractivity contribution in [3.8, 4) is 0 Å². The monoisotopic (exact) mass is 277 g/mol. The van der Waals surface area contributed by atoms with Crippen molar-refractivity contribution < 1.29 is 9.32 Å². The van der Waals surface area contributed by atoms with E-state index in [0.29, 0.717) is 18.1 Å². The number of hydrogen-bond donors (Lipinski definition) is 1. The lowest BCUT2D eigenvalue weighted by Gasteiger charge is -2.12. The Morgan fingerprint density at radius 3 is 3.00 bits per heavy atom. The average molecular weight is 277 g/mol. The van der Waals surface area contributed by atoms with E-state index in [0.717, 1.165) is 19.4 Å². The smallest absolute Gasteiger partial charge is 0.249 e. The summed E-state index contributed by atoms with van der Waals surface area (Å²) in [5, 5.41) is 6.66. The van der Waals surface area contributed by atoms with Gasteiger partial charge in [0.15, 0.2) is 5.82 Å². The van der Waals surface area contributed by atoms with Gasteiger partial charge >= 0.3 is 0 Å². The van der Waals surface area contributed by atoms with E-state index in [4.69, 9.17) is 4.52 Å². The van der Waals surface area contributed by atoms with Crippen LogP contribution in [-0.2, 0) is 11.3 Å². The fourth-order valence-corrected chi connectivity index (χ4v) is 1.90. The molecule has 0 fully saturated rings. The zero-order valence-electron chi connectivity index (χ0n) is 11.7. The van der Waals surface area contributed by atoms with E-state index >= 15 is 0 Å². The summed E-state index contributed by atoms with van der Waals surface area (Å²) in [6.07, 6.45) is 7.30. The molecular formula is C13H19N5O2. The van der Waals surface area contributed by atoms with Gasteiger partial charge in [-0.05, 0) is 19.8 Å². The zero-order valence-corrected chi connectivity index (χ0v) is 11.7. The molecule has 0 aliphatic carbocycles. The minimum atomic E-state index is -0.211. The molecule has 0 bridgehead atoms. The fraction of sp³-hybridized carbons (Fsp3) is 0.538. The van der Waals surface area contributed by atoms with Crippen LogP contribution in [0.3, 0.4) is 0 Å². The predicted octanol–water partition coefficient (Wildman–Crippen LogP) is 1.62. The molecule has 1 amide bonds. The molecule has 0 aliphatic rings. The maximum atomic E-state index is 11.9. The second kappa shape index (κ2) is 6.83. The van der Waals surface area contributed by atoms with Crippen LogP contribution in [0.15, 0.2) is 23.2 Å². The summed E-state index contributed by atoms with van der Waals surface area (Å²) in [6.45, 7) is 4.51. The number of aromatic nitrogens is 4. The van der Waals surface area contributed by atoms with E-state index in [2.05, 4.69) is 20.4 Å². The van der Waals surface area contributed by atoms with Gasteiger partial charge < -0.3 is 14.4 Å². The molecule has 7 heteroatoms. The third-order valence-electron chi connectivity index (χ3n) is 2.96. The van der Waals surface area contributed by atoms with Crippen molar-refractivity contribution >= 4 is 5.91 Å². The number of carbonyl (C=O) groups excluding carboxylic acids is 1. The largest absolute Gasteiger partial charge is 0.344 e. The van der Waals surface area contributed by atoms with Crippen LogP contribution in [0.2, 0.25) is 0 Å². The van der Waals surface area contributed by atoms with Gasteiger partial charge in [-0.25, -0.2) is 4.98 Å². The third-order valence-corrected chi connectivity index (χ3v) is 2.96. The van der Waals surface area contributed by atoms with E-state index in [9.17, 15) is 4.79 Å². The highest BCUT2D eigenvalue weighted by Crippen LogP contribution is 2.14. The topological polar surface area (TPSA) is 85.8 Å². The summed E-state index contributed by atoms with van der Waals surface area (Å²) >= 11 is 0. The number of carbonyl (C=O) groups is 1. The third kappa shape index (κ3) is 3.91. The number of rotatable bonds is 7. The fourth-order valence-electron chi connectivity index (χ4n) is 1.90. The number of nitrogens with zero attached hydrogens (tertiary/aromatic N) is 4. The van der Waals surface area contributed by atoms with E-state index in [-0.39, 0.29) is 11.9 Å². The van der Waals surface area contributed by atoms with E-state index in [1.165, 1.54) is 0 Å². The highest BCUT2D eigenvalue weighted by molar-refractivity contribution is 5.76. The van der Waals surface area contributed by atoms with E-state index < -0.39 is 0 Å². The van der Waals surface area contributed by atoms with Gasteiger partial charge in [0.2, 0.25) is 11.8 Å². The molecule has 0 radical (unpaired) electrons. The van der Waals surface area contributed by atoms with Gasteiger partial charge in [0.25, 0.3) is 0 Å². The molecular weight excluding hydrogens is 258 g/mol. The molecule has 1 atom stereocenters. The molecule has 0 saturated heterocycles. The highest BCUT2D eigenvalue weighted by Gasteiger charge is 2.18. The summed E-state index contributed by atoms with van der Waals surface area (Å²) in [6, 6.07) is -0.211. The van der Waals surface area contributed by atoms with Crippen molar-refractivity contribution in [2.45, 2.75) is 45.7 Å². The van der Waals surface area contributed by atoms with Gasteiger partial charge in [0.1, 0.15) is 6.04 Å². The molecule has 7 nitrogen and oxygen atoms in total. The minimum Gasteiger partial charge on any atom is -0.344 e. The van der Waals surface area contributed by atoms with Crippen LogP contribution >= 0.6 is 0 Å². The number of imidazole rings is 1. The Morgan fingerprint density at radius 2 is 2.40 bits per heavy atom. The molecule has 2 heterocycles. The molecule has 2 rings (SSSR count). The maximum absolute atomic E-state index is 11.9. The Bertz CT molecular complexity index is 535. The Hall–Kier alpha value is -2.18. The second-order valence-electron chi connectivity index (χ2n) is 4.61. The number of nitrogens with one attached hydrogen (secondary N) is 1. The first-order valence-corrected chi connectivity index (χ1v) is 6.74. The Morgan fingerprint density at radius 1 is 1.55 bits per heavy atom. The lowest BCUT2D eigenvalue weighted by atomic mass is 10.2.